The molecule has 1 amide bonds. The van der Waals surface area contributed by atoms with Crippen molar-refractivity contribution in [1.82, 2.24) is 20.0 Å². The van der Waals surface area contributed by atoms with E-state index in [1.54, 1.807) is 6.92 Å². The summed E-state index contributed by atoms with van der Waals surface area (Å²) in [7, 11) is 3.84. The van der Waals surface area contributed by atoms with Gasteiger partial charge in [-0.15, -0.1) is 0 Å². The van der Waals surface area contributed by atoms with Crippen LogP contribution in [0.4, 0.5) is 0 Å². The summed E-state index contributed by atoms with van der Waals surface area (Å²) in [6, 6.07) is 0.839. The number of aromatic carboxylic acids is 1. The minimum Gasteiger partial charge on any atom is -0.476 e. The van der Waals surface area contributed by atoms with E-state index in [1.807, 2.05) is 19.0 Å². The molecule has 1 aromatic heterocycles. The second-order valence-electron chi connectivity index (χ2n) is 4.26. The number of carboxylic acids is 1. The molecule has 0 aliphatic carbocycles. The van der Waals surface area contributed by atoms with Crippen molar-refractivity contribution in [3.8, 4) is 0 Å². The van der Waals surface area contributed by atoms with Crippen LogP contribution in [0.1, 0.15) is 23.5 Å². The number of carboxylic acid groups (broad SMARTS) is 1. The lowest BCUT2D eigenvalue weighted by Gasteiger charge is -2.14. The number of carbonyl (C=O) groups excluding carboxylic acids is 1. The number of nitrogens with zero attached hydrogens (tertiary/aromatic N) is 3. The lowest BCUT2D eigenvalue weighted by molar-refractivity contribution is -0.124. The molecule has 0 saturated carbocycles. The molecular weight excluding hydrogens is 236 g/mol. The zero-order valence-corrected chi connectivity index (χ0v) is 10.8. The summed E-state index contributed by atoms with van der Waals surface area (Å²) in [5.74, 6) is -1.29. The lowest BCUT2D eigenvalue weighted by Crippen LogP contribution is -2.35. The Balaban J connectivity index is 2.54. The molecule has 18 heavy (non-hydrogen) atoms. The Hall–Kier alpha value is -1.89. The van der Waals surface area contributed by atoms with Crippen LogP contribution in [0.15, 0.2) is 12.3 Å². The first-order valence-corrected chi connectivity index (χ1v) is 5.62. The van der Waals surface area contributed by atoms with Crippen molar-refractivity contribution in [1.29, 1.82) is 0 Å². The molecule has 7 nitrogen and oxygen atoms in total. The van der Waals surface area contributed by atoms with Gasteiger partial charge in [-0.25, -0.2) is 4.79 Å². The molecule has 1 atom stereocenters. The number of hydrogen-bond acceptors (Lipinski definition) is 4. The summed E-state index contributed by atoms with van der Waals surface area (Å²) < 4.78 is 1.34. The van der Waals surface area contributed by atoms with Crippen LogP contribution in [0.3, 0.4) is 0 Å². The van der Waals surface area contributed by atoms with Crippen molar-refractivity contribution < 1.29 is 14.7 Å². The van der Waals surface area contributed by atoms with E-state index in [2.05, 4.69) is 10.4 Å². The van der Waals surface area contributed by atoms with Crippen LogP contribution in [0.5, 0.6) is 0 Å². The average Bonchev–Trinajstić information content (AvgIpc) is 2.76. The molecule has 0 aromatic carbocycles. The van der Waals surface area contributed by atoms with Crippen molar-refractivity contribution in [3.63, 3.8) is 0 Å². The maximum atomic E-state index is 11.8. The highest BCUT2D eigenvalue weighted by molar-refractivity contribution is 5.85. The third kappa shape index (κ3) is 3.85. The highest BCUT2D eigenvalue weighted by Gasteiger charge is 2.17. The van der Waals surface area contributed by atoms with Crippen LogP contribution in [-0.2, 0) is 4.79 Å². The molecule has 0 aliphatic heterocycles. The fraction of sp³-hybridized carbons (Fsp3) is 0.545. The van der Waals surface area contributed by atoms with Crippen LogP contribution in [0, 0.1) is 0 Å². The van der Waals surface area contributed by atoms with Gasteiger partial charge in [-0.1, -0.05) is 0 Å². The average molecular weight is 254 g/mol. The van der Waals surface area contributed by atoms with E-state index < -0.39 is 12.0 Å². The van der Waals surface area contributed by atoms with Crippen LogP contribution in [0.2, 0.25) is 0 Å². The summed E-state index contributed by atoms with van der Waals surface area (Å²) in [6.45, 7) is 2.96. The Morgan fingerprint density at radius 2 is 2.22 bits per heavy atom. The predicted octanol–water partition coefficient (Wildman–Crippen LogP) is -0.180. The van der Waals surface area contributed by atoms with Crippen LogP contribution < -0.4 is 5.32 Å². The SMILES string of the molecule is CC(C(=O)NCCN(C)C)n1ccc(C(=O)O)n1. The minimum absolute atomic E-state index is 0.0667. The molecule has 1 heterocycles. The van der Waals surface area contributed by atoms with Gasteiger partial charge in [0.05, 0.1) is 0 Å². The number of amides is 1. The van der Waals surface area contributed by atoms with Crippen molar-refractivity contribution in [2.45, 2.75) is 13.0 Å². The molecule has 0 bridgehead atoms. The predicted molar refractivity (Wildman–Crippen MR) is 65.5 cm³/mol. The van der Waals surface area contributed by atoms with E-state index in [-0.39, 0.29) is 11.6 Å². The third-order valence-electron chi connectivity index (χ3n) is 2.46. The van der Waals surface area contributed by atoms with E-state index in [0.29, 0.717) is 6.54 Å². The van der Waals surface area contributed by atoms with Gasteiger partial charge < -0.3 is 15.3 Å². The summed E-state index contributed by atoms with van der Waals surface area (Å²) in [4.78, 5) is 24.4. The second kappa shape index (κ2) is 6.15. The number of aromatic nitrogens is 2. The highest BCUT2D eigenvalue weighted by Crippen LogP contribution is 2.05. The molecule has 0 radical (unpaired) electrons. The van der Waals surface area contributed by atoms with E-state index >= 15 is 0 Å². The quantitative estimate of drug-likeness (QED) is 0.735. The molecule has 1 aromatic rings. The molecule has 0 aliphatic rings. The van der Waals surface area contributed by atoms with Gasteiger partial charge in [-0.05, 0) is 27.1 Å². The van der Waals surface area contributed by atoms with Crippen LogP contribution in [0.25, 0.3) is 0 Å². The van der Waals surface area contributed by atoms with E-state index in [1.165, 1.54) is 16.9 Å². The molecule has 0 saturated heterocycles. The topological polar surface area (TPSA) is 87.5 Å². The van der Waals surface area contributed by atoms with Crippen molar-refractivity contribution >= 4 is 11.9 Å². The molecule has 1 rings (SSSR count). The van der Waals surface area contributed by atoms with E-state index in [4.69, 9.17) is 5.11 Å². The first-order valence-electron chi connectivity index (χ1n) is 5.62. The van der Waals surface area contributed by atoms with Gasteiger partial charge in [0, 0.05) is 19.3 Å². The maximum Gasteiger partial charge on any atom is 0.356 e. The fourth-order valence-electron chi connectivity index (χ4n) is 1.34. The lowest BCUT2D eigenvalue weighted by atomic mass is 10.3. The van der Waals surface area contributed by atoms with Crippen molar-refractivity contribution in [2.75, 3.05) is 27.2 Å². The summed E-state index contributed by atoms with van der Waals surface area (Å²) in [5, 5.41) is 15.3. The number of likely N-dealkylation sites (N-methyl/N-ethyl adjacent to an activating group) is 1. The van der Waals surface area contributed by atoms with Gasteiger partial charge in [0.1, 0.15) is 6.04 Å². The Bertz CT molecular complexity index is 428. The van der Waals surface area contributed by atoms with E-state index in [9.17, 15) is 9.59 Å². The number of carbonyl (C=O) groups is 2. The van der Waals surface area contributed by atoms with Gasteiger partial charge in [0.2, 0.25) is 5.91 Å². The van der Waals surface area contributed by atoms with Crippen LogP contribution >= 0.6 is 0 Å². The monoisotopic (exact) mass is 254 g/mol. The molecule has 0 spiro atoms. The summed E-state index contributed by atoms with van der Waals surface area (Å²) in [6.07, 6.45) is 1.49. The van der Waals surface area contributed by atoms with Crippen molar-refractivity contribution in [3.05, 3.63) is 18.0 Å². The molecule has 2 N–H and O–H groups in total. The second-order valence-corrected chi connectivity index (χ2v) is 4.26. The Morgan fingerprint density at radius 1 is 1.56 bits per heavy atom. The maximum absolute atomic E-state index is 11.8. The van der Waals surface area contributed by atoms with Gasteiger partial charge >= 0.3 is 5.97 Å². The van der Waals surface area contributed by atoms with E-state index in [0.717, 1.165) is 6.54 Å². The van der Waals surface area contributed by atoms with Gasteiger partial charge in [0.15, 0.2) is 5.69 Å². The molecule has 1 unspecified atom stereocenters. The van der Waals surface area contributed by atoms with Gasteiger partial charge in [0.25, 0.3) is 0 Å². The fourth-order valence-corrected chi connectivity index (χ4v) is 1.34. The number of rotatable bonds is 6. The highest BCUT2D eigenvalue weighted by atomic mass is 16.4. The van der Waals surface area contributed by atoms with Crippen LogP contribution in [-0.4, -0.2) is 58.8 Å². The smallest absolute Gasteiger partial charge is 0.356 e. The molecule has 0 fully saturated rings. The summed E-state index contributed by atoms with van der Waals surface area (Å²) in [5.41, 5.74) is -0.0667. The summed E-state index contributed by atoms with van der Waals surface area (Å²) >= 11 is 0. The zero-order valence-electron chi connectivity index (χ0n) is 10.8. The normalized spacial score (nSPS) is 12.4. The van der Waals surface area contributed by atoms with Gasteiger partial charge in [-0.2, -0.15) is 5.10 Å². The largest absolute Gasteiger partial charge is 0.476 e. The Kier molecular flexibility index (Phi) is 4.85. The first-order chi connectivity index (χ1) is 8.41. The Labute approximate surface area is 105 Å². The molecule has 100 valence electrons. The van der Waals surface area contributed by atoms with Gasteiger partial charge in [-0.3, -0.25) is 9.48 Å². The minimum atomic E-state index is -1.10. The molecule has 7 heteroatoms. The third-order valence-corrected chi connectivity index (χ3v) is 2.46. The van der Waals surface area contributed by atoms with Crippen molar-refractivity contribution in [2.24, 2.45) is 0 Å². The standard InChI is InChI=1S/C11H18N4O3/c1-8(10(16)12-5-7-14(2)3)15-6-4-9(13-15)11(17)18/h4,6,8H,5,7H2,1-3H3,(H,12,16)(H,17,18). The zero-order chi connectivity index (χ0) is 13.7. The number of nitrogens with one attached hydrogen (secondary N) is 1. The first kappa shape index (κ1) is 14.2. The number of hydrogen-bond donors (Lipinski definition) is 2. The molecular formula is C11H18N4O3. The Morgan fingerprint density at radius 3 is 2.72 bits per heavy atom.